The number of hydrazine groups is 1. The fraction of sp³-hybridized carbons (Fsp3) is 0.259. The molecule has 1 atom stereocenters. The molecule has 196 valence electrons. The molecule has 10 nitrogen and oxygen atoms in total. The Balaban J connectivity index is 1.35. The zero-order chi connectivity index (χ0) is 26.8. The smallest absolute Gasteiger partial charge is 0.295 e. The first kappa shape index (κ1) is 25.2. The number of amides is 1. The lowest BCUT2D eigenvalue weighted by Crippen LogP contribution is -2.43. The summed E-state index contributed by atoms with van der Waals surface area (Å²) in [6.07, 6.45) is 9.95. The number of fused-ring (bicyclic) bond motifs is 1. The van der Waals surface area contributed by atoms with E-state index in [0.717, 1.165) is 17.0 Å². The van der Waals surface area contributed by atoms with Gasteiger partial charge < -0.3 is 20.2 Å². The van der Waals surface area contributed by atoms with Gasteiger partial charge >= 0.3 is 0 Å². The number of nitrogens with two attached hydrogens (primary N) is 2. The minimum atomic E-state index is -0.785. The number of halogens is 1. The number of piperidine rings is 1. The van der Waals surface area contributed by atoms with Crippen LogP contribution in [0.25, 0.3) is 10.9 Å². The molecule has 1 aromatic carbocycles. The largest absolute Gasteiger partial charge is 0.403 e. The van der Waals surface area contributed by atoms with E-state index in [9.17, 15) is 14.0 Å². The number of aromatic amines is 1. The molecule has 0 radical (unpaired) electrons. The molecule has 1 amide bonds. The zero-order valence-electron chi connectivity index (χ0n) is 20.9. The van der Waals surface area contributed by atoms with Gasteiger partial charge in [0.05, 0.1) is 22.7 Å². The molecule has 1 fully saturated rings. The van der Waals surface area contributed by atoms with E-state index >= 15 is 0 Å². The van der Waals surface area contributed by atoms with Gasteiger partial charge in [-0.2, -0.15) is 0 Å². The van der Waals surface area contributed by atoms with Gasteiger partial charge in [-0.05, 0) is 24.3 Å². The molecular formula is C27H29FN8O2. The van der Waals surface area contributed by atoms with Gasteiger partial charge in [0.1, 0.15) is 5.82 Å². The number of Topliss-reactive ketones (excluding diaryl/α,β-unsaturated/α-hetero) is 1. The number of anilines is 1. The van der Waals surface area contributed by atoms with Crippen LogP contribution in [0.4, 0.5) is 10.2 Å². The van der Waals surface area contributed by atoms with E-state index in [-0.39, 0.29) is 34.1 Å². The lowest BCUT2D eigenvalue weighted by molar-refractivity contribution is -0.127. The highest BCUT2D eigenvalue weighted by molar-refractivity contribution is 6.45. The van der Waals surface area contributed by atoms with Gasteiger partial charge in [0.2, 0.25) is 0 Å². The molecule has 11 heteroatoms. The van der Waals surface area contributed by atoms with Crippen molar-refractivity contribution >= 4 is 28.4 Å². The zero-order valence-corrected chi connectivity index (χ0v) is 20.9. The second-order valence-corrected chi connectivity index (χ2v) is 9.37. The SMILES string of the molecule is Cn1ccnc1C(c1ccccc1)C1CCN(C(=O)C(=O)c2c[nH]c3c(N(N)/C=C\N)ncc(F)c23)CC1. The fourth-order valence-corrected chi connectivity index (χ4v) is 5.30. The number of benzene rings is 1. The van der Waals surface area contributed by atoms with Crippen molar-refractivity contribution in [1.29, 1.82) is 0 Å². The number of hydrogen-bond donors (Lipinski definition) is 3. The minimum absolute atomic E-state index is 0.0389. The highest BCUT2D eigenvalue weighted by atomic mass is 19.1. The summed E-state index contributed by atoms with van der Waals surface area (Å²) in [5.74, 6) is 5.16. The van der Waals surface area contributed by atoms with Crippen LogP contribution in [0.3, 0.4) is 0 Å². The molecule has 4 heterocycles. The predicted octanol–water partition coefficient (Wildman–Crippen LogP) is 2.80. The maximum Gasteiger partial charge on any atom is 0.295 e. The Morgan fingerprint density at radius 3 is 2.61 bits per heavy atom. The molecule has 1 aliphatic rings. The van der Waals surface area contributed by atoms with E-state index in [1.165, 1.54) is 24.2 Å². The first-order valence-corrected chi connectivity index (χ1v) is 12.3. The minimum Gasteiger partial charge on any atom is -0.403 e. The van der Waals surface area contributed by atoms with Crippen LogP contribution in [0.5, 0.6) is 0 Å². The number of pyridine rings is 1. The van der Waals surface area contributed by atoms with E-state index in [2.05, 4.69) is 27.1 Å². The van der Waals surface area contributed by atoms with Gasteiger partial charge in [-0.15, -0.1) is 0 Å². The molecule has 1 aliphatic heterocycles. The van der Waals surface area contributed by atoms with Crippen LogP contribution in [0.15, 0.2) is 67.5 Å². The van der Waals surface area contributed by atoms with Crippen LogP contribution >= 0.6 is 0 Å². The van der Waals surface area contributed by atoms with Gasteiger partial charge in [0.25, 0.3) is 11.7 Å². The fourth-order valence-electron chi connectivity index (χ4n) is 5.30. The van der Waals surface area contributed by atoms with Crippen molar-refractivity contribution in [2.45, 2.75) is 18.8 Å². The third-order valence-corrected chi connectivity index (χ3v) is 7.17. The second-order valence-electron chi connectivity index (χ2n) is 9.37. The summed E-state index contributed by atoms with van der Waals surface area (Å²) in [5.41, 5.74) is 6.69. The summed E-state index contributed by atoms with van der Waals surface area (Å²) >= 11 is 0. The average Bonchev–Trinajstić information content (AvgIpc) is 3.57. The van der Waals surface area contributed by atoms with Crippen molar-refractivity contribution in [1.82, 2.24) is 24.4 Å². The molecule has 0 bridgehead atoms. The molecule has 5 N–H and O–H groups in total. The highest BCUT2D eigenvalue weighted by Gasteiger charge is 2.35. The van der Waals surface area contributed by atoms with Crippen LogP contribution in [0.2, 0.25) is 0 Å². The summed E-state index contributed by atoms with van der Waals surface area (Å²) in [6.45, 7) is 0.830. The number of carbonyl (C=O) groups excluding carboxylic acids is 2. The van der Waals surface area contributed by atoms with Gasteiger partial charge in [-0.1, -0.05) is 30.3 Å². The van der Waals surface area contributed by atoms with E-state index in [0.29, 0.717) is 25.9 Å². The van der Waals surface area contributed by atoms with E-state index in [1.54, 1.807) is 11.1 Å². The molecule has 38 heavy (non-hydrogen) atoms. The Kier molecular flexibility index (Phi) is 6.93. The van der Waals surface area contributed by atoms with Gasteiger partial charge in [0.15, 0.2) is 11.6 Å². The van der Waals surface area contributed by atoms with Crippen molar-refractivity contribution in [2.75, 3.05) is 18.1 Å². The number of nitrogens with one attached hydrogen (secondary N) is 1. The van der Waals surface area contributed by atoms with E-state index < -0.39 is 17.5 Å². The van der Waals surface area contributed by atoms with Crippen LogP contribution in [-0.4, -0.2) is 49.2 Å². The monoisotopic (exact) mass is 516 g/mol. The summed E-state index contributed by atoms with van der Waals surface area (Å²) in [6, 6.07) is 10.2. The number of aryl methyl sites for hydroxylation is 1. The number of imidazole rings is 1. The Morgan fingerprint density at radius 1 is 1.21 bits per heavy atom. The molecule has 1 unspecified atom stereocenters. The topological polar surface area (TPSA) is 139 Å². The lowest BCUT2D eigenvalue weighted by Gasteiger charge is -2.35. The maximum atomic E-state index is 14.8. The molecule has 5 rings (SSSR count). The normalized spacial score (nSPS) is 15.3. The van der Waals surface area contributed by atoms with Gasteiger partial charge in [0, 0.05) is 57.0 Å². The molecular weight excluding hydrogens is 487 g/mol. The van der Waals surface area contributed by atoms with Crippen molar-refractivity contribution in [3.05, 3.63) is 90.3 Å². The number of rotatable bonds is 7. The number of likely N-dealkylation sites (tertiary alicyclic amines) is 1. The third kappa shape index (κ3) is 4.52. The molecule has 0 aliphatic carbocycles. The van der Waals surface area contributed by atoms with Gasteiger partial charge in [-0.25, -0.2) is 20.2 Å². The Morgan fingerprint density at radius 2 is 1.95 bits per heavy atom. The lowest BCUT2D eigenvalue weighted by atomic mass is 9.79. The van der Waals surface area contributed by atoms with Gasteiger partial charge in [-0.3, -0.25) is 14.6 Å². The predicted molar refractivity (Wildman–Crippen MR) is 141 cm³/mol. The number of hydrogen-bond acceptors (Lipinski definition) is 7. The Hall–Kier alpha value is -4.51. The summed E-state index contributed by atoms with van der Waals surface area (Å²) in [5, 5.41) is 1.06. The number of H-pyrrole nitrogens is 1. The number of carbonyl (C=O) groups is 2. The van der Waals surface area contributed by atoms with Crippen molar-refractivity contribution in [2.24, 2.45) is 24.5 Å². The first-order chi connectivity index (χ1) is 18.4. The van der Waals surface area contributed by atoms with E-state index in [1.807, 2.05) is 36.0 Å². The second kappa shape index (κ2) is 10.5. The van der Waals surface area contributed by atoms with Crippen LogP contribution in [0, 0.1) is 11.7 Å². The third-order valence-electron chi connectivity index (χ3n) is 7.17. The number of aromatic nitrogens is 4. The quantitative estimate of drug-likeness (QED) is 0.149. The summed E-state index contributed by atoms with van der Waals surface area (Å²) in [7, 11) is 1.98. The highest BCUT2D eigenvalue weighted by Crippen LogP contribution is 2.37. The molecule has 0 spiro atoms. The Bertz CT molecular complexity index is 1490. The maximum absolute atomic E-state index is 14.8. The van der Waals surface area contributed by atoms with Crippen molar-refractivity contribution in [3.8, 4) is 0 Å². The molecule has 1 saturated heterocycles. The molecule has 4 aromatic rings. The summed E-state index contributed by atoms with van der Waals surface area (Å²) in [4.78, 5) is 39.5. The first-order valence-electron chi connectivity index (χ1n) is 12.3. The van der Waals surface area contributed by atoms with Crippen molar-refractivity contribution < 1.29 is 14.0 Å². The van der Waals surface area contributed by atoms with Crippen LogP contribution in [-0.2, 0) is 11.8 Å². The average molecular weight is 517 g/mol. The number of ketones is 1. The molecule has 3 aromatic heterocycles. The van der Waals surface area contributed by atoms with Crippen LogP contribution in [0.1, 0.15) is 40.5 Å². The van der Waals surface area contributed by atoms with E-state index in [4.69, 9.17) is 11.6 Å². The van der Waals surface area contributed by atoms with Crippen LogP contribution < -0.4 is 16.6 Å². The number of nitrogens with zero attached hydrogens (tertiary/aromatic N) is 5. The Labute approximate surface area is 218 Å². The van der Waals surface area contributed by atoms with Crippen molar-refractivity contribution in [3.63, 3.8) is 0 Å². The molecule has 0 saturated carbocycles. The standard InChI is InChI=1S/C27H29FN8O2/c1-34-14-10-31-25(34)21(17-5-3-2-4-6-17)18-7-11-35(12-8-18)27(38)24(37)19-15-32-23-22(19)20(28)16-33-26(23)36(30)13-9-29/h2-6,9-10,13-16,18,21,32H,7-8,11-12,29-30H2,1H3/b13-9-. The summed E-state index contributed by atoms with van der Waals surface area (Å²) < 4.78 is 16.8.